The van der Waals surface area contributed by atoms with E-state index in [0.717, 1.165) is 23.9 Å². The lowest BCUT2D eigenvalue weighted by atomic mass is 10.1. The molecule has 0 amide bonds. The molecule has 0 aliphatic carbocycles. The Labute approximate surface area is 68.8 Å². The lowest BCUT2D eigenvalue weighted by molar-refractivity contribution is -0.105. The molecule has 62 valence electrons. The molecule has 0 rings (SSSR count). The smallest absolute Gasteiger partial charge is 0.146 e. The van der Waals surface area contributed by atoms with E-state index in [9.17, 15) is 4.79 Å². The third kappa shape index (κ3) is 4.54. The summed E-state index contributed by atoms with van der Waals surface area (Å²) in [5.74, 6) is 0. The van der Waals surface area contributed by atoms with E-state index in [-0.39, 0.29) is 0 Å². The fourth-order valence-electron chi connectivity index (χ4n) is 0.684. The molecule has 0 unspecified atom stereocenters. The summed E-state index contributed by atoms with van der Waals surface area (Å²) in [7, 11) is 0. The first-order chi connectivity index (χ1) is 5.07. The minimum atomic E-state index is 0.772. The Balaban J connectivity index is 4.24. The fourth-order valence-corrected chi connectivity index (χ4v) is 0.684. The summed E-state index contributed by atoms with van der Waals surface area (Å²) in [4.78, 5) is 10.5. The maximum absolute atomic E-state index is 10.5. The average Bonchev–Trinajstić information content (AvgIpc) is 1.87. The van der Waals surface area contributed by atoms with Crippen molar-refractivity contribution in [3.63, 3.8) is 0 Å². The Hall–Kier alpha value is -0.850. The van der Waals surface area contributed by atoms with Crippen LogP contribution in [0.15, 0.2) is 22.8 Å². The third-order valence-corrected chi connectivity index (χ3v) is 1.51. The quantitative estimate of drug-likeness (QED) is 0.345. The van der Waals surface area contributed by atoms with Gasteiger partial charge in [-0.2, -0.15) is 0 Å². The van der Waals surface area contributed by atoms with Crippen LogP contribution >= 0.6 is 0 Å². The van der Waals surface area contributed by atoms with E-state index in [1.807, 2.05) is 27.7 Å². The van der Waals surface area contributed by atoms with Gasteiger partial charge in [0.25, 0.3) is 0 Å². The van der Waals surface area contributed by atoms with Crippen LogP contribution in [-0.4, -0.2) is 6.29 Å². The van der Waals surface area contributed by atoms with Crippen molar-refractivity contribution in [1.82, 2.24) is 0 Å². The summed E-state index contributed by atoms with van der Waals surface area (Å²) < 4.78 is 0. The summed E-state index contributed by atoms with van der Waals surface area (Å²) in [6, 6.07) is 0. The van der Waals surface area contributed by atoms with Gasteiger partial charge < -0.3 is 0 Å². The first-order valence-electron chi connectivity index (χ1n) is 3.82. The van der Waals surface area contributed by atoms with Gasteiger partial charge in [-0.3, -0.25) is 4.79 Å². The number of aldehydes is 1. The van der Waals surface area contributed by atoms with E-state index in [1.165, 1.54) is 5.57 Å². The van der Waals surface area contributed by atoms with Crippen LogP contribution in [0, 0.1) is 0 Å². The van der Waals surface area contributed by atoms with Gasteiger partial charge in [0, 0.05) is 0 Å². The van der Waals surface area contributed by atoms with E-state index in [4.69, 9.17) is 0 Å². The van der Waals surface area contributed by atoms with Crippen LogP contribution in [0.25, 0.3) is 0 Å². The summed E-state index contributed by atoms with van der Waals surface area (Å²) in [6.45, 7) is 7.99. The first-order valence-corrected chi connectivity index (χ1v) is 3.82. The third-order valence-electron chi connectivity index (χ3n) is 1.51. The normalized spacial score (nSPS) is 8.73. The Morgan fingerprint density at radius 3 is 2.00 bits per heavy atom. The van der Waals surface area contributed by atoms with Crippen LogP contribution in [0.2, 0.25) is 0 Å². The Morgan fingerprint density at radius 2 is 1.73 bits per heavy atom. The van der Waals surface area contributed by atoms with Crippen molar-refractivity contribution >= 4 is 6.29 Å². The molecule has 0 atom stereocenters. The van der Waals surface area contributed by atoms with Gasteiger partial charge in [-0.15, -0.1) is 0 Å². The van der Waals surface area contributed by atoms with Gasteiger partial charge in [-0.1, -0.05) is 17.2 Å². The highest BCUT2D eigenvalue weighted by Gasteiger charge is 1.93. The van der Waals surface area contributed by atoms with Crippen LogP contribution < -0.4 is 0 Å². The summed E-state index contributed by atoms with van der Waals surface area (Å²) in [6.07, 6.45) is 3.78. The van der Waals surface area contributed by atoms with Crippen molar-refractivity contribution in [3.05, 3.63) is 22.8 Å². The second kappa shape index (κ2) is 4.89. The van der Waals surface area contributed by atoms with Crippen LogP contribution in [0.4, 0.5) is 0 Å². The predicted octanol–water partition coefficient (Wildman–Crippen LogP) is 2.88. The Morgan fingerprint density at radius 1 is 1.18 bits per heavy atom. The van der Waals surface area contributed by atoms with Crippen molar-refractivity contribution in [2.75, 3.05) is 0 Å². The van der Waals surface area contributed by atoms with E-state index in [1.54, 1.807) is 0 Å². The molecule has 0 aliphatic heterocycles. The van der Waals surface area contributed by atoms with Crippen molar-refractivity contribution in [2.45, 2.75) is 34.1 Å². The fraction of sp³-hybridized carbons (Fsp3) is 0.500. The van der Waals surface area contributed by atoms with Crippen LogP contribution in [0.5, 0.6) is 0 Å². The Bertz CT molecular complexity index is 189. The SMILES string of the molecule is CC(C)=CCC(C=O)=C(C)C. The highest BCUT2D eigenvalue weighted by Crippen LogP contribution is 2.07. The second-order valence-corrected chi connectivity index (χ2v) is 3.13. The molecular weight excluding hydrogens is 136 g/mol. The molecule has 1 nitrogen and oxygen atoms in total. The summed E-state index contributed by atoms with van der Waals surface area (Å²) in [5.41, 5.74) is 3.26. The van der Waals surface area contributed by atoms with Crippen molar-refractivity contribution in [2.24, 2.45) is 0 Å². The van der Waals surface area contributed by atoms with E-state index >= 15 is 0 Å². The summed E-state index contributed by atoms with van der Waals surface area (Å²) >= 11 is 0. The number of hydrogen-bond acceptors (Lipinski definition) is 1. The molecule has 0 spiro atoms. The maximum Gasteiger partial charge on any atom is 0.146 e. The molecule has 0 heterocycles. The zero-order chi connectivity index (χ0) is 8.85. The number of allylic oxidation sites excluding steroid dienone is 4. The molecule has 0 aromatic rings. The van der Waals surface area contributed by atoms with Gasteiger partial charge in [0.15, 0.2) is 0 Å². The number of carbonyl (C=O) groups excluding carboxylic acids is 1. The molecule has 0 N–H and O–H groups in total. The average molecular weight is 152 g/mol. The zero-order valence-electron chi connectivity index (χ0n) is 7.77. The van der Waals surface area contributed by atoms with Crippen molar-refractivity contribution in [1.29, 1.82) is 0 Å². The lowest BCUT2D eigenvalue weighted by Crippen LogP contribution is -1.86. The lowest BCUT2D eigenvalue weighted by Gasteiger charge is -1.97. The molecule has 0 saturated carbocycles. The minimum Gasteiger partial charge on any atom is -0.298 e. The molecular formula is C10H16O. The van der Waals surface area contributed by atoms with Gasteiger partial charge in [-0.25, -0.2) is 0 Å². The maximum atomic E-state index is 10.5. The molecule has 1 heteroatoms. The second-order valence-electron chi connectivity index (χ2n) is 3.13. The van der Waals surface area contributed by atoms with Crippen LogP contribution in [0.3, 0.4) is 0 Å². The van der Waals surface area contributed by atoms with Gasteiger partial charge in [-0.05, 0) is 39.7 Å². The van der Waals surface area contributed by atoms with E-state index in [0.29, 0.717) is 0 Å². The van der Waals surface area contributed by atoms with Crippen molar-refractivity contribution < 1.29 is 4.79 Å². The van der Waals surface area contributed by atoms with E-state index < -0.39 is 0 Å². The van der Waals surface area contributed by atoms with E-state index in [2.05, 4.69) is 6.08 Å². The van der Waals surface area contributed by atoms with Crippen LogP contribution in [-0.2, 0) is 4.79 Å². The summed E-state index contributed by atoms with van der Waals surface area (Å²) in [5, 5.41) is 0. The molecule has 0 aliphatic rings. The molecule has 0 fully saturated rings. The topological polar surface area (TPSA) is 17.1 Å². The number of carbonyl (C=O) groups is 1. The highest BCUT2D eigenvalue weighted by molar-refractivity contribution is 5.74. The molecule has 11 heavy (non-hydrogen) atoms. The number of rotatable bonds is 3. The van der Waals surface area contributed by atoms with Crippen molar-refractivity contribution in [3.8, 4) is 0 Å². The molecule has 0 aromatic heterocycles. The van der Waals surface area contributed by atoms with Crippen LogP contribution in [0.1, 0.15) is 34.1 Å². The van der Waals surface area contributed by atoms with Gasteiger partial charge in [0.2, 0.25) is 0 Å². The zero-order valence-corrected chi connectivity index (χ0v) is 7.77. The molecule has 0 radical (unpaired) electrons. The monoisotopic (exact) mass is 152 g/mol. The highest BCUT2D eigenvalue weighted by atomic mass is 16.1. The van der Waals surface area contributed by atoms with Gasteiger partial charge >= 0.3 is 0 Å². The Kier molecular flexibility index (Phi) is 4.51. The largest absolute Gasteiger partial charge is 0.298 e. The van der Waals surface area contributed by atoms with Gasteiger partial charge in [0.1, 0.15) is 6.29 Å². The standard InChI is InChI=1S/C10H16O/c1-8(2)5-6-10(7-11)9(3)4/h5,7H,6H2,1-4H3. The van der Waals surface area contributed by atoms with Gasteiger partial charge in [0.05, 0.1) is 0 Å². The molecule has 0 saturated heterocycles. The number of hydrogen-bond donors (Lipinski definition) is 0. The molecule has 0 bridgehead atoms. The first kappa shape index (κ1) is 10.2. The molecule has 0 aromatic carbocycles. The predicted molar refractivity (Wildman–Crippen MR) is 48.5 cm³/mol. The minimum absolute atomic E-state index is 0.772.